The minimum Gasteiger partial charge on any atom is -0.457 e. The molecular formula is C33H39ClF5NO4. The Labute approximate surface area is 260 Å². The highest BCUT2D eigenvalue weighted by atomic mass is 35.5. The van der Waals surface area contributed by atoms with Crippen LogP contribution in [0.15, 0.2) is 47.1 Å². The molecule has 1 aromatic rings. The first-order chi connectivity index (χ1) is 20.2. The first kappa shape index (κ1) is 33.1. The first-order valence-corrected chi connectivity index (χ1v) is 15.4. The summed E-state index contributed by atoms with van der Waals surface area (Å²) in [6.07, 6.45) is -1.85. The number of rotatable bonds is 5. The van der Waals surface area contributed by atoms with E-state index in [9.17, 15) is 27.9 Å². The van der Waals surface area contributed by atoms with Crippen molar-refractivity contribution in [3.63, 3.8) is 0 Å². The highest BCUT2D eigenvalue weighted by molar-refractivity contribution is 5.93. The van der Waals surface area contributed by atoms with E-state index in [0.29, 0.717) is 32.1 Å². The third-order valence-electron chi connectivity index (χ3n) is 11.2. The summed E-state index contributed by atoms with van der Waals surface area (Å²) in [4.78, 5) is 24.8. The van der Waals surface area contributed by atoms with Gasteiger partial charge < -0.3 is 15.2 Å². The smallest absolute Gasteiger partial charge is 0.456 e. The molecule has 5 aliphatic rings. The number of esters is 1. The highest BCUT2D eigenvalue weighted by Gasteiger charge is 2.79. The van der Waals surface area contributed by atoms with Gasteiger partial charge in [-0.15, -0.1) is 12.4 Å². The lowest BCUT2D eigenvalue weighted by atomic mass is 9.50. The number of benzene rings is 1. The molecule has 2 saturated carbocycles. The Kier molecular flexibility index (Phi) is 8.64. The fourth-order valence-corrected chi connectivity index (χ4v) is 8.92. The van der Waals surface area contributed by atoms with E-state index >= 15 is 8.78 Å². The average molecular weight is 644 g/mol. The number of allylic oxidation sites excluding steroid dienone is 4. The van der Waals surface area contributed by atoms with Crippen molar-refractivity contribution in [1.82, 2.24) is 5.32 Å². The number of ketones is 1. The second kappa shape index (κ2) is 11.5. The number of alkyl halides is 5. The Morgan fingerprint density at radius 2 is 1.77 bits per heavy atom. The fourth-order valence-electron chi connectivity index (χ4n) is 8.92. The number of ether oxygens (including phenoxy) is 1. The third-order valence-corrected chi connectivity index (χ3v) is 11.2. The minimum absolute atomic E-state index is 0. The van der Waals surface area contributed by atoms with Crippen molar-refractivity contribution in [3.05, 3.63) is 58.2 Å². The Balaban J connectivity index is 0.00000384. The molecule has 4 aliphatic carbocycles. The maximum atomic E-state index is 15.2. The van der Waals surface area contributed by atoms with E-state index in [2.05, 4.69) is 5.32 Å². The number of fused-ring (bicyclic) bond motifs is 4. The van der Waals surface area contributed by atoms with Gasteiger partial charge in [0.2, 0.25) is 0 Å². The predicted octanol–water partition coefficient (Wildman–Crippen LogP) is 7.29. The molecule has 1 unspecified atom stereocenters. The van der Waals surface area contributed by atoms with Crippen molar-refractivity contribution in [1.29, 1.82) is 0 Å². The molecule has 1 aromatic carbocycles. The van der Waals surface area contributed by atoms with E-state index in [1.54, 1.807) is 25.1 Å². The highest BCUT2D eigenvalue weighted by Crippen LogP contribution is 2.70. The molecule has 1 saturated heterocycles. The summed E-state index contributed by atoms with van der Waals surface area (Å²) in [6, 6.07) is 6.93. The second-order valence-corrected chi connectivity index (χ2v) is 13.4. The van der Waals surface area contributed by atoms with Crippen LogP contribution in [0.2, 0.25) is 0 Å². The first-order valence-electron chi connectivity index (χ1n) is 15.4. The molecule has 1 aliphatic heterocycles. The van der Waals surface area contributed by atoms with Crippen molar-refractivity contribution < 1.29 is 41.4 Å². The lowest BCUT2D eigenvalue weighted by molar-refractivity contribution is -0.362. The van der Waals surface area contributed by atoms with Gasteiger partial charge >= 0.3 is 18.1 Å². The van der Waals surface area contributed by atoms with Crippen LogP contribution in [-0.2, 0) is 14.3 Å². The maximum absolute atomic E-state index is 15.2. The summed E-state index contributed by atoms with van der Waals surface area (Å²) in [5, 5.41) is 14.5. The van der Waals surface area contributed by atoms with E-state index in [1.165, 1.54) is 6.92 Å². The lowest BCUT2D eigenvalue weighted by Crippen LogP contribution is -2.65. The molecule has 0 amide bonds. The number of aliphatic hydroxyl groups is 1. The van der Waals surface area contributed by atoms with E-state index in [1.807, 2.05) is 12.1 Å². The van der Waals surface area contributed by atoms with Crippen LogP contribution in [0, 0.1) is 17.3 Å². The van der Waals surface area contributed by atoms with Gasteiger partial charge in [-0.1, -0.05) is 36.8 Å². The lowest BCUT2D eigenvalue weighted by Gasteiger charge is -2.56. The molecule has 242 valence electrons. The van der Waals surface area contributed by atoms with Gasteiger partial charge in [-0.05, 0) is 105 Å². The quantitative estimate of drug-likeness (QED) is 0.260. The predicted molar refractivity (Wildman–Crippen MR) is 155 cm³/mol. The van der Waals surface area contributed by atoms with Crippen molar-refractivity contribution >= 4 is 24.2 Å². The van der Waals surface area contributed by atoms with Gasteiger partial charge in [-0.3, -0.25) is 9.59 Å². The van der Waals surface area contributed by atoms with Crippen LogP contribution < -0.4 is 5.32 Å². The van der Waals surface area contributed by atoms with Crippen LogP contribution in [0.5, 0.6) is 0 Å². The summed E-state index contributed by atoms with van der Waals surface area (Å²) in [5.41, 5.74) is -0.488. The van der Waals surface area contributed by atoms with Crippen molar-refractivity contribution in [3.8, 4) is 0 Å². The SMILES string of the molecule is CC(OC(=O)[C@@H]1CCCN1)c1ccc([C@H]2C[C@@]3(C)[C@@H](CC[C@@]3(O)C(F)(F)C(F)(F)F)[C@@H]3CCC4=CC(=O)CCC4=C32)cc1.Cl. The molecule has 0 bridgehead atoms. The Bertz CT molecular complexity index is 1370. The zero-order valence-corrected chi connectivity index (χ0v) is 25.6. The molecule has 3 fully saturated rings. The largest absolute Gasteiger partial charge is 0.457 e. The van der Waals surface area contributed by atoms with Gasteiger partial charge in [0.05, 0.1) is 0 Å². The van der Waals surface area contributed by atoms with E-state index < -0.39 is 47.5 Å². The topological polar surface area (TPSA) is 75.6 Å². The molecule has 7 atom stereocenters. The molecule has 2 N–H and O–H groups in total. The molecule has 44 heavy (non-hydrogen) atoms. The van der Waals surface area contributed by atoms with Crippen LogP contribution in [0.3, 0.4) is 0 Å². The Morgan fingerprint density at radius 1 is 1.07 bits per heavy atom. The molecule has 1 heterocycles. The van der Waals surface area contributed by atoms with E-state index in [4.69, 9.17) is 4.74 Å². The maximum Gasteiger partial charge on any atom is 0.456 e. The van der Waals surface area contributed by atoms with Crippen molar-refractivity contribution in [2.24, 2.45) is 17.3 Å². The van der Waals surface area contributed by atoms with Crippen LogP contribution in [0.1, 0.15) is 94.8 Å². The average Bonchev–Trinajstić information content (AvgIpc) is 3.59. The Hall–Kier alpha value is -2.30. The summed E-state index contributed by atoms with van der Waals surface area (Å²) < 4.78 is 77.4. The molecule has 6 rings (SSSR count). The monoisotopic (exact) mass is 643 g/mol. The summed E-state index contributed by atoms with van der Waals surface area (Å²) in [5.74, 6) is -6.90. The molecule has 0 radical (unpaired) electrons. The van der Waals surface area contributed by atoms with Gasteiger partial charge in [-0.25, -0.2) is 0 Å². The summed E-state index contributed by atoms with van der Waals surface area (Å²) in [7, 11) is 0. The van der Waals surface area contributed by atoms with Gasteiger partial charge in [0.15, 0.2) is 5.78 Å². The van der Waals surface area contributed by atoms with Crippen LogP contribution in [0.25, 0.3) is 0 Å². The van der Waals surface area contributed by atoms with E-state index in [-0.39, 0.29) is 49.0 Å². The standard InChI is InChI=1S/C33H38F5NO4.ClH/c1-18(43-29(41)27-4-3-15-39-27)19-5-7-20(8-6-19)25-17-30(2)26(13-14-31(30,42)32(34,35)33(36,37)38)24-11-9-21-16-22(40)10-12-23(21)28(24)25;/h5-8,16,18,24-27,39,42H,3-4,9-15,17H2,1-2H3;1H/t18?,24-,25+,26-,27-,30-,31-;/m0./s1. The van der Waals surface area contributed by atoms with Crippen molar-refractivity contribution in [2.45, 2.75) is 107 Å². The number of nitrogens with one attached hydrogen (secondary N) is 1. The van der Waals surface area contributed by atoms with Gasteiger partial charge in [-0.2, -0.15) is 22.0 Å². The van der Waals surface area contributed by atoms with Crippen molar-refractivity contribution in [2.75, 3.05) is 6.54 Å². The molecule has 5 nitrogen and oxygen atoms in total. The fraction of sp³-hybridized carbons (Fsp3) is 0.636. The zero-order valence-electron chi connectivity index (χ0n) is 24.8. The summed E-state index contributed by atoms with van der Waals surface area (Å²) in [6.45, 7) is 3.95. The molecule has 0 aromatic heterocycles. The number of hydrogen-bond acceptors (Lipinski definition) is 5. The normalized spacial score (nSPS) is 34.4. The van der Waals surface area contributed by atoms with E-state index in [0.717, 1.165) is 40.8 Å². The van der Waals surface area contributed by atoms with Crippen LogP contribution >= 0.6 is 12.4 Å². The molecule has 0 spiro atoms. The van der Waals surface area contributed by atoms with Gasteiger partial charge in [0, 0.05) is 17.8 Å². The van der Waals surface area contributed by atoms with Gasteiger partial charge in [0.1, 0.15) is 17.7 Å². The van der Waals surface area contributed by atoms with Gasteiger partial charge in [0.25, 0.3) is 0 Å². The number of halogens is 6. The molecular weight excluding hydrogens is 605 g/mol. The summed E-state index contributed by atoms with van der Waals surface area (Å²) >= 11 is 0. The number of hydrogen-bond donors (Lipinski definition) is 2. The van der Waals surface area contributed by atoms with Crippen LogP contribution in [0.4, 0.5) is 22.0 Å². The Morgan fingerprint density at radius 3 is 2.41 bits per heavy atom. The number of carbonyl (C=O) groups is 2. The third kappa shape index (κ3) is 5.03. The second-order valence-electron chi connectivity index (χ2n) is 13.4. The van der Waals surface area contributed by atoms with Crippen LogP contribution in [-0.4, -0.2) is 47.1 Å². The molecule has 11 heteroatoms. The zero-order chi connectivity index (χ0) is 30.9. The number of carbonyl (C=O) groups excluding carboxylic acids is 2. The minimum atomic E-state index is -5.89.